The van der Waals surface area contributed by atoms with Gasteiger partial charge in [0.1, 0.15) is 5.75 Å². The summed E-state index contributed by atoms with van der Waals surface area (Å²) in [5, 5.41) is 11.4. The Morgan fingerprint density at radius 3 is 3.00 bits per heavy atom. The Hall–Kier alpha value is -1.77. The third-order valence-electron chi connectivity index (χ3n) is 2.20. The molecule has 3 N–H and O–H groups in total. The Kier molecular flexibility index (Phi) is 5.98. The van der Waals surface area contributed by atoms with E-state index in [0.29, 0.717) is 22.9 Å². The predicted octanol–water partition coefficient (Wildman–Crippen LogP) is 1.21. The molecule has 0 aliphatic carbocycles. The number of benzene rings is 1. The Morgan fingerprint density at radius 1 is 1.56 bits per heavy atom. The molecule has 0 bridgehead atoms. The molecule has 1 aromatic rings. The third-order valence-corrected chi connectivity index (χ3v) is 2.55. The number of hydrogen-bond donors (Lipinski definition) is 2. The summed E-state index contributed by atoms with van der Waals surface area (Å²) in [5.41, 5.74) is 6.23. The predicted molar refractivity (Wildman–Crippen MR) is 68.1 cm³/mol. The van der Waals surface area contributed by atoms with Crippen molar-refractivity contribution in [2.24, 2.45) is 5.73 Å². The maximum Gasteiger partial charge on any atom is 0.257 e. The molecule has 1 aromatic carbocycles. The Bertz CT molecular complexity index is 457. The van der Waals surface area contributed by atoms with Crippen molar-refractivity contribution < 1.29 is 9.53 Å². The van der Waals surface area contributed by atoms with E-state index in [0.717, 1.165) is 0 Å². The van der Waals surface area contributed by atoms with Crippen LogP contribution in [0.1, 0.15) is 12.0 Å². The zero-order valence-electron chi connectivity index (χ0n) is 9.78. The lowest BCUT2D eigenvalue weighted by Crippen LogP contribution is -2.29. The van der Waals surface area contributed by atoms with Gasteiger partial charge in [-0.1, -0.05) is 17.7 Å². The second-order valence-corrected chi connectivity index (χ2v) is 3.87. The van der Waals surface area contributed by atoms with E-state index < -0.39 is 0 Å². The lowest BCUT2D eigenvalue weighted by atomic mass is 10.2. The summed E-state index contributed by atoms with van der Waals surface area (Å²) in [6.45, 7) is 0.432. The summed E-state index contributed by atoms with van der Waals surface area (Å²) in [7, 11) is 0. The number of carbonyl (C=O) groups is 1. The minimum Gasteiger partial charge on any atom is -0.483 e. The molecule has 0 radical (unpaired) electrons. The summed E-state index contributed by atoms with van der Waals surface area (Å²) in [6.07, 6.45) is 0.275. The molecule has 0 saturated heterocycles. The van der Waals surface area contributed by atoms with Crippen LogP contribution in [0.5, 0.6) is 5.75 Å². The monoisotopic (exact) mass is 267 g/mol. The number of rotatable bonds is 6. The van der Waals surface area contributed by atoms with Crippen LogP contribution < -0.4 is 15.8 Å². The van der Waals surface area contributed by atoms with Crippen molar-refractivity contribution in [2.45, 2.75) is 13.0 Å². The van der Waals surface area contributed by atoms with E-state index in [2.05, 4.69) is 5.32 Å². The highest BCUT2D eigenvalue weighted by Gasteiger charge is 2.08. The molecule has 1 rings (SSSR count). The molecule has 0 atom stereocenters. The van der Waals surface area contributed by atoms with E-state index in [4.69, 9.17) is 27.3 Å². The van der Waals surface area contributed by atoms with Crippen molar-refractivity contribution in [1.82, 2.24) is 5.32 Å². The molecule has 5 nitrogen and oxygen atoms in total. The maximum atomic E-state index is 11.4. The molecule has 1 amide bonds. The Balaban J connectivity index is 2.51. The highest BCUT2D eigenvalue weighted by Crippen LogP contribution is 2.25. The number of ether oxygens (including phenoxy) is 1. The number of amides is 1. The maximum absolute atomic E-state index is 11.4. The van der Waals surface area contributed by atoms with Crippen molar-refractivity contribution in [2.75, 3.05) is 13.2 Å². The summed E-state index contributed by atoms with van der Waals surface area (Å²) >= 11 is 5.95. The van der Waals surface area contributed by atoms with E-state index in [9.17, 15) is 4.79 Å². The van der Waals surface area contributed by atoms with Crippen molar-refractivity contribution in [3.05, 3.63) is 28.8 Å². The van der Waals surface area contributed by atoms with Crippen LogP contribution in [0.3, 0.4) is 0 Å². The first-order chi connectivity index (χ1) is 8.69. The van der Waals surface area contributed by atoms with E-state index >= 15 is 0 Å². The van der Waals surface area contributed by atoms with Gasteiger partial charge in [0.15, 0.2) is 6.61 Å². The fraction of sp³-hybridized carbons (Fsp3) is 0.333. The fourth-order valence-electron chi connectivity index (χ4n) is 1.32. The Morgan fingerprint density at radius 2 is 2.33 bits per heavy atom. The number of halogens is 1. The molecular formula is C12H14ClN3O2. The SMILES string of the molecule is N#CCCNC(=O)COc1cccc(Cl)c1CN. The van der Waals surface area contributed by atoms with Crippen LogP contribution in [0.15, 0.2) is 18.2 Å². The van der Waals surface area contributed by atoms with Gasteiger partial charge in [-0.05, 0) is 12.1 Å². The standard InChI is InChI=1S/C12H14ClN3O2/c13-10-3-1-4-11(9(10)7-15)18-8-12(17)16-6-2-5-14/h1,3-4H,2,6-8,15H2,(H,16,17). The fourth-order valence-corrected chi connectivity index (χ4v) is 1.57. The van der Waals surface area contributed by atoms with Gasteiger partial charge in [0.2, 0.25) is 0 Å². The van der Waals surface area contributed by atoms with Crippen LogP contribution in [-0.2, 0) is 11.3 Å². The van der Waals surface area contributed by atoms with Crippen LogP contribution in [0.4, 0.5) is 0 Å². The molecular weight excluding hydrogens is 254 g/mol. The molecule has 0 unspecified atom stereocenters. The zero-order chi connectivity index (χ0) is 13.4. The van der Waals surface area contributed by atoms with Gasteiger partial charge >= 0.3 is 0 Å². The molecule has 0 heterocycles. The average molecular weight is 268 g/mol. The van der Waals surface area contributed by atoms with Gasteiger partial charge in [-0.25, -0.2) is 0 Å². The van der Waals surface area contributed by atoms with Gasteiger partial charge in [-0.15, -0.1) is 0 Å². The van der Waals surface area contributed by atoms with Crippen LogP contribution in [-0.4, -0.2) is 19.1 Å². The van der Waals surface area contributed by atoms with Crippen molar-refractivity contribution in [3.63, 3.8) is 0 Å². The van der Waals surface area contributed by atoms with Crippen LogP contribution in [0, 0.1) is 11.3 Å². The lowest BCUT2D eigenvalue weighted by Gasteiger charge is -2.11. The van der Waals surface area contributed by atoms with Gasteiger partial charge < -0.3 is 15.8 Å². The highest BCUT2D eigenvalue weighted by molar-refractivity contribution is 6.31. The minimum atomic E-state index is -0.284. The first kappa shape index (κ1) is 14.3. The summed E-state index contributed by atoms with van der Waals surface area (Å²) < 4.78 is 5.34. The van der Waals surface area contributed by atoms with Gasteiger partial charge in [0, 0.05) is 23.7 Å². The molecule has 18 heavy (non-hydrogen) atoms. The van der Waals surface area contributed by atoms with Gasteiger partial charge in [-0.2, -0.15) is 5.26 Å². The average Bonchev–Trinajstić information content (AvgIpc) is 2.36. The van der Waals surface area contributed by atoms with E-state index in [-0.39, 0.29) is 25.5 Å². The second kappa shape index (κ2) is 7.54. The number of nitrogens with one attached hydrogen (secondary N) is 1. The van der Waals surface area contributed by atoms with Crippen molar-refractivity contribution >= 4 is 17.5 Å². The number of hydrogen-bond acceptors (Lipinski definition) is 4. The first-order valence-electron chi connectivity index (χ1n) is 5.43. The van der Waals surface area contributed by atoms with Gasteiger partial charge in [0.25, 0.3) is 5.91 Å². The van der Waals surface area contributed by atoms with Crippen LogP contribution in [0.25, 0.3) is 0 Å². The van der Waals surface area contributed by atoms with Gasteiger partial charge in [0.05, 0.1) is 12.5 Å². The molecule has 0 aliphatic rings. The molecule has 6 heteroatoms. The highest BCUT2D eigenvalue weighted by atomic mass is 35.5. The second-order valence-electron chi connectivity index (χ2n) is 3.47. The molecule has 0 aliphatic heterocycles. The third kappa shape index (κ3) is 4.24. The number of nitrogens with two attached hydrogens (primary N) is 1. The van der Waals surface area contributed by atoms with E-state index in [1.165, 1.54) is 0 Å². The van der Waals surface area contributed by atoms with Crippen LogP contribution in [0.2, 0.25) is 5.02 Å². The molecule has 0 fully saturated rings. The van der Waals surface area contributed by atoms with Crippen molar-refractivity contribution in [3.8, 4) is 11.8 Å². The number of nitriles is 1. The molecule has 0 spiro atoms. The van der Waals surface area contributed by atoms with Gasteiger partial charge in [-0.3, -0.25) is 4.79 Å². The van der Waals surface area contributed by atoms with Crippen LogP contribution >= 0.6 is 11.6 Å². The van der Waals surface area contributed by atoms with Crippen molar-refractivity contribution in [1.29, 1.82) is 5.26 Å². The normalized spacial score (nSPS) is 9.61. The van der Waals surface area contributed by atoms with E-state index in [1.807, 2.05) is 6.07 Å². The largest absolute Gasteiger partial charge is 0.483 e. The lowest BCUT2D eigenvalue weighted by molar-refractivity contribution is -0.123. The molecule has 96 valence electrons. The quantitative estimate of drug-likeness (QED) is 0.758. The number of nitrogens with zero attached hydrogens (tertiary/aromatic N) is 1. The summed E-state index contributed by atoms with van der Waals surface area (Å²) in [6, 6.07) is 7.08. The zero-order valence-corrected chi connectivity index (χ0v) is 10.5. The van der Waals surface area contributed by atoms with E-state index in [1.54, 1.807) is 18.2 Å². The topological polar surface area (TPSA) is 88.1 Å². The Labute approximate surface area is 110 Å². The summed E-state index contributed by atoms with van der Waals surface area (Å²) in [4.78, 5) is 11.4. The first-order valence-corrected chi connectivity index (χ1v) is 5.80. The smallest absolute Gasteiger partial charge is 0.257 e. The number of carbonyl (C=O) groups excluding carboxylic acids is 1. The molecule has 0 saturated carbocycles. The minimum absolute atomic E-state index is 0.126. The molecule has 0 aromatic heterocycles. The summed E-state index contributed by atoms with van der Waals surface area (Å²) in [5.74, 6) is 0.216.